The summed E-state index contributed by atoms with van der Waals surface area (Å²) in [5.74, 6) is 2.58. The molecule has 0 aliphatic heterocycles. The van der Waals surface area contributed by atoms with Gasteiger partial charge in [0.25, 0.3) is 0 Å². The number of nitrogens with two attached hydrogens (primary N) is 1. The van der Waals surface area contributed by atoms with Crippen molar-refractivity contribution in [1.82, 2.24) is 0 Å². The molecule has 4 rings (SSSR count). The smallest absolute Gasteiger partial charge is 0.395 e. The van der Waals surface area contributed by atoms with E-state index in [2.05, 4.69) is 0 Å². The van der Waals surface area contributed by atoms with Crippen LogP contribution in [0.2, 0.25) is 0 Å². The third-order valence-corrected chi connectivity index (χ3v) is 5.97. The van der Waals surface area contributed by atoms with Crippen molar-refractivity contribution >= 4 is 7.82 Å². The number of hydrogen-bond donors (Lipinski definition) is 2. The quantitative estimate of drug-likeness (QED) is 0.706. The molecular formula is C21H28NO4P. The summed E-state index contributed by atoms with van der Waals surface area (Å²) in [4.78, 5) is 9.53. The average molecular weight is 389 g/mol. The first-order valence-electron chi connectivity index (χ1n) is 9.58. The minimum atomic E-state index is -4.14. The SMILES string of the molecule is N[C@@H]1C[C@H]2CCC[C@@H](C1)C2.O=P(O)(Oc1ccccc1)Oc1ccccc1. The zero-order valence-electron chi connectivity index (χ0n) is 15.4. The average Bonchev–Trinajstić information content (AvgIpc) is 2.62. The van der Waals surface area contributed by atoms with E-state index in [-0.39, 0.29) is 11.5 Å². The molecule has 2 aliphatic carbocycles. The second-order valence-corrected chi connectivity index (χ2v) is 8.71. The van der Waals surface area contributed by atoms with Gasteiger partial charge in [-0.15, -0.1) is 0 Å². The van der Waals surface area contributed by atoms with Crippen molar-refractivity contribution in [3.05, 3.63) is 60.7 Å². The van der Waals surface area contributed by atoms with Crippen molar-refractivity contribution in [3.8, 4) is 11.5 Å². The molecule has 146 valence electrons. The van der Waals surface area contributed by atoms with Crippen molar-refractivity contribution in [3.63, 3.8) is 0 Å². The van der Waals surface area contributed by atoms with Crippen molar-refractivity contribution in [1.29, 1.82) is 0 Å². The van der Waals surface area contributed by atoms with Crippen LogP contribution in [0.1, 0.15) is 38.5 Å². The number of phosphoric acid groups is 1. The van der Waals surface area contributed by atoms with Gasteiger partial charge < -0.3 is 14.8 Å². The number of benzene rings is 2. The highest BCUT2D eigenvalue weighted by atomic mass is 31.2. The first-order chi connectivity index (χ1) is 13.0. The van der Waals surface area contributed by atoms with Crippen LogP contribution in [0.15, 0.2) is 60.7 Å². The second kappa shape index (κ2) is 9.41. The summed E-state index contributed by atoms with van der Waals surface area (Å²) < 4.78 is 21.5. The van der Waals surface area contributed by atoms with Crippen LogP contribution in [0.4, 0.5) is 0 Å². The van der Waals surface area contributed by atoms with Crippen LogP contribution < -0.4 is 14.8 Å². The lowest BCUT2D eigenvalue weighted by atomic mass is 9.71. The van der Waals surface area contributed by atoms with Gasteiger partial charge in [-0.2, -0.15) is 0 Å². The number of rotatable bonds is 4. The third kappa shape index (κ3) is 6.69. The molecule has 2 aliphatic rings. The zero-order chi connectivity index (χ0) is 19.1. The molecule has 2 aromatic carbocycles. The number of para-hydroxylation sites is 2. The van der Waals surface area contributed by atoms with E-state index in [1.165, 1.54) is 38.5 Å². The maximum Gasteiger partial charge on any atom is 0.584 e. The molecular weight excluding hydrogens is 361 g/mol. The molecule has 0 unspecified atom stereocenters. The fraction of sp³-hybridized carbons (Fsp3) is 0.429. The maximum absolute atomic E-state index is 11.7. The lowest BCUT2D eigenvalue weighted by Crippen LogP contribution is -2.35. The van der Waals surface area contributed by atoms with E-state index in [9.17, 15) is 9.46 Å². The predicted octanol–water partition coefficient (Wildman–Crippen LogP) is 5.16. The molecule has 0 spiro atoms. The van der Waals surface area contributed by atoms with Gasteiger partial charge in [-0.05, 0) is 55.4 Å². The number of fused-ring (bicyclic) bond motifs is 2. The van der Waals surface area contributed by atoms with Gasteiger partial charge in [-0.1, -0.05) is 55.7 Å². The Bertz CT molecular complexity index is 679. The van der Waals surface area contributed by atoms with E-state index in [1.54, 1.807) is 60.7 Å². The molecule has 0 heterocycles. The van der Waals surface area contributed by atoms with Crippen LogP contribution in [0.25, 0.3) is 0 Å². The normalized spacial score (nSPS) is 24.3. The lowest BCUT2D eigenvalue weighted by molar-refractivity contribution is 0.171. The Morgan fingerprint density at radius 2 is 1.26 bits per heavy atom. The van der Waals surface area contributed by atoms with Crippen molar-refractivity contribution in [2.45, 2.75) is 44.6 Å². The van der Waals surface area contributed by atoms with Crippen molar-refractivity contribution in [2.24, 2.45) is 17.6 Å². The molecule has 0 aromatic heterocycles. The van der Waals surface area contributed by atoms with Gasteiger partial charge >= 0.3 is 7.82 Å². The summed E-state index contributed by atoms with van der Waals surface area (Å²) in [7, 11) is -4.14. The Kier molecular flexibility index (Phi) is 6.95. The minimum Gasteiger partial charge on any atom is -0.395 e. The van der Waals surface area contributed by atoms with E-state index in [0.717, 1.165) is 11.8 Å². The van der Waals surface area contributed by atoms with E-state index < -0.39 is 7.82 Å². The first-order valence-corrected chi connectivity index (χ1v) is 11.1. The molecule has 0 saturated heterocycles. The Balaban J connectivity index is 0.000000177. The molecule has 3 N–H and O–H groups in total. The standard InChI is InChI=1S/C12H11O4P.C9H17N/c13-17(14,15-11-7-3-1-4-8-11)16-12-9-5-2-6-10-12;10-9-5-7-2-1-3-8(4-7)6-9/h1-10H,(H,13,14);7-9H,1-6,10H2/t;7-,8+,9+. The molecule has 0 amide bonds. The molecule has 3 atom stereocenters. The maximum atomic E-state index is 11.7. The van der Waals surface area contributed by atoms with E-state index in [0.29, 0.717) is 6.04 Å². The highest BCUT2D eigenvalue weighted by molar-refractivity contribution is 7.48. The predicted molar refractivity (Wildman–Crippen MR) is 107 cm³/mol. The van der Waals surface area contributed by atoms with Crippen molar-refractivity contribution in [2.75, 3.05) is 0 Å². The van der Waals surface area contributed by atoms with Crippen LogP contribution in [0, 0.1) is 11.8 Å². The highest BCUT2D eigenvalue weighted by Gasteiger charge is 2.29. The van der Waals surface area contributed by atoms with Gasteiger partial charge in [0.15, 0.2) is 0 Å². The summed E-state index contributed by atoms with van der Waals surface area (Å²) >= 11 is 0. The van der Waals surface area contributed by atoms with Gasteiger partial charge in [-0.3, -0.25) is 4.89 Å². The molecule has 6 heteroatoms. The fourth-order valence-corrected chi connectivity index (χ4v) is 4.84. The fourth-order valence-electron chi connectivity index (χ4n) is 4.03. The third-order valence-electron chi connectivity index (χ3n) is 5.09. The molecule has 2 bridgehead atoms. The zero-order valence-corrected chi connectivity index (χ0v) is 16.3. The first kappa shape index (κ1) is 19.9. The Labute approximate surface area is 161 Å². The molecule has 2 aromatic rings. The second-order valence-electron chi connectivity index (χ2n) is 7.41. The number of hydrogen-bond acceptors (Lipinski definition) is 4. The van der Waals surface area contributed by atoms with Crippen LogP contribution in [-0.2, 0) is 4.57 Å². The van der Waals surface area contributed by atoms with Gasteiger partial charge in [0.1, 0.15) is 11.5 Å². The Hall–Kier alpha value is -1.81. The monoisotopic (exact) mass is 389 g/mol. The van der Waals surface area contributed by atoms with Gasteiger partial charge in [0.2, 0.25) is 0 Å². The van der Waals surface area contributed by atoms with E-state index >= 15 is 0 Å². The molecule has 0 radical (unpaired) electrons. The van der Waals surface area contributed by atoms with E-state index in [1.807, 2.05) is 0 Å². The lowest BCUT2D eigenvalue weighted by Gasteiger charge is -2.37. The Morgan fingerprint density at radius 1 is 0.815 bits per heavy atom. The van der Waals surface area contributed by atoms with Gasteiger partial charge in [-0.25, -0.2) is 4.57 Å². The summed E-state index contributed by atoms with van der Waals surface area (Å²) in [6, 6.07) is 17.3. The van der Waals surface area contributed by atoms with Gasteiger partial charge in [0, 0.05) is 6.04 Å². The molecule has 2 saturated carbocycles. The summed E-state index contributed by atoms with van der Waals surface area (Å²) in [6.45, 7) is 0. The molecule has 27 heavy (non-hydrogen) atoms. The highest BCUT2D eigenvalue weighted by Crippen LogP contribution is 2.44. The van der Waals surface area contributed by atoms with Crippen molar-refractivity contribution < 1.29 is 18.5 Å². The van der Waals surface area contributed by atoms with Crippen LogP contribution in [0.3, 0.4) is 0 Å². The topological polar surface area (TPSA) is 81.8 Å². The minimum absolute atomic E-state index is 0.286. The summed E-state index contributed by atoms with van der Waals surface area (Å²) in [5, 5.41) is 0. The molecule has 5 nitrogen and oxygen atoms in total. The molecule has 2 fully saturated rings. The van der Waals surface area contributed by atoms with Crippen LogP contribution in [0.5, 0.6) is 11.5 Å². The van der Waals surface area contributed by atoms with Crippen LogP contribution >= 0.6 is 7.82 Å². The van der Waals surface area contributed by atoms with E-state index in [4.69, 9.17) is 14.8 Å². The largest absolute Gasteiger partial charge is 0.584 e. The number of phosphoric ester groups is 1. The van der Waals surface area contributed by atoms with Gasteiger partial charge in [0.05, 0.1) is 0 Å². The Morgan fingerprint density at radius 3 is 1.70 bits per heavy atom. The summed E-state index contributed by atoms with van der Waals surface area (Å²) in [6.07, 6.45) is 8.52. The van der Waals surface area contributed by atoms with Crippen LogP contribution in [-0.4, -0.2) is 10.9 Å². The summed E-state index contributed by atoms with van der Waals surface area (Å²) in [5.41, 5.74) is 5.93.